The zero-order chi connectivity index (χ0) is 17.5. The Bertz CT molecular complexity index is 602. The van der Waals surface area contributed by atoms with E-state index in [4.69, 9.17) is 10.00 Å². The van der Waals surface area contributed by atoms with Gasteiger partial charge in [0.25, 0.3) is 0 Å². The topological polar surface area (TPSA) is 65.4 Å². The molecule has 0 radical (unpaired) electrons. The first kappa shape index (κ1) is 18.8. The average molecular weight is 347 g/mol. The van der Waals surface area contributed by atoms with Gasteiger partial charge in [0.2, 0.25) is 5.91 Å². The number of carbonyl (C=O) groups is 1. The Hall–Kier alpha value is -1.55. The van der Waals surface area contributed by atoms with E-state index in [9.17, 15) is 4.79 Å². The minimum absolute atomic E-state index is 0.0167. The third-order valence-corrected chi connectivity index (χ3v) is 5.13. The second-order valence-corrected chi connectivity index (χ2v) is 7.74. The monoisotopic (exact) mass is 347 g/mol. The van der Waals surface area contributed by atoms with Crippen LogP contribution in [0.1, 0.15) is 27.2 Å². The first-order valence-electron chi connectivity index (χ1n) is 8.27. The lowest BCUT2D eigenvalue weighted by Crippen LogP contribution is -2.50. The molecule has 1 heterocycles. The maximum absolute atomic E-state index is 12.4. The van der Waals surface area contributed by atoms with E-state index in [-0.39, 0.29) is 23.3 Å². The molecule has 3 atom stereocenters. The minimum atomic E-state index is -0.0167. The summed E-state index contributed by atoms with van der Waals surface area (Å²) in [6, 6.07) is 10.2. The fourth-order valence-electron chi connectivity index (χ4n) is 2.63. The molecule has 1 saturated heterocycles. The quantitative estimate of drug-likeness (QED) is 0.801. The summed E-state index contributed by atoms with van der Waals surface area (Å²) in [5.41, 5.74) is 0.811. The molecule has 0 bridgehead atoms. The summed E-state index contributed by atoms with van der Waals surface area (Å²) in [6.45, 7) is 7.91. The van der Waals surface area contributed by atoms with Gasteiger partial charge in [-0.3, -0.25) is 9.69 Å². The van der Waals surface area contributed by atoms with Crippen LogP contribution in [-0.4, -0.2) is 47.9 Å². The summed E-state index contributed by atoms with van der Waals surface area (Å²) in [4.78, 5) is 15.6. The summed E-state index contributed by atoms with van der Waals surface area (Å²) < 4.78 is 5.60. The summed E-state index contributed by atoms with van der Waals surface area (Å²) >= 11 is 1.61. The Morgan fingerprint density at radius 1 is 1.50 bits per heavy atom. The smallest absolute Gasteiger partial charge is 0.238 e. The molecule has 2 rings (SSSR count). The van der Waals surface area contributed by atoms with E-state index < -0.39 is 0 Å². The van der Waals surface area contributed by atoms with E-state index in [2.05, 4.69) is 23.2 Å². The van der Waals surface area contributed by atoms with Crippen molar-refractivity contribution in [2.45, 2.75) is 49.5 Å². The number of nitrogens with one attached hydrogen (secondary N) is 1. The first-order valence-corrected chi connectivity index (χ1v) is 9.15. The first-order chi connectivity index (χ1) is 11.5. The number of morpholine rings is 1. The lowest BCUT2D eigenvalue weighted by atomic mass is 10.2. The van der Waals surface area contributed by atoms with Crippen molar-refractivity contribution in [2.24, 2.45) is 0 Å². The summed E-state index contributed by atoms with van der Waals surface area (Å²) in [6.07, 6.45) is 0.638. The zero-order valence-corrected chi connectivity index (χ0v) is 15.3. The van der Waals surface area contributed by atoms with E-state index in [0.29, 0.717) is 19.6 Å². The number of benzene rings is 1. The van der Waals surface area contributed by atoms with Gasteiger partial charge in [0, 0.05) is 29.2 Å². The molecule has 1 aromatic carbocycles. The second kappa shape index (κ2) is 9.07. The minimum Gasteiger partial charge on any atom is -0.376 e. The molecule has 1 amide bonds. The Morgan fingerprint density at radius 2 is 2.25 bits per heavy atom. The maximum atomic E-state index is 12.4. The highest BCUT2D eigenvalue weighted by atomic mass is 32.2. The van der Waals surface area contributed by atoms with Gasteiger partial charge in [-0.15, -0.1) is 11.8 Å². The molecule has 1 fully saturated rings. The molecule has 1 aromatic rings. The van der Waals surface area contributed by atoms with Crippen LogP contribution >= 0.6 is 11.8 Å². The number of carbonyl (C=O) groups excluding carboxylic acids is 1. The second-order valence-electron chi connectivity index (χ2n) is 6.26. The van der Waals surface area contributed by atoms with Crippen LogP contribution in [0.4, 0.5) is 5.69 Å². The van der Waals surface area contributed by atoms with E-state index >= 15 is 0 Å². The molecule has 0 spiro atoms. The van der Waals surface area contributed by atoms with Crippen molar-refractivity contribution in [3.8, 4) is 6.07 Å². The molecule has 6 heteroatoms. The largest absolute Gasteiger partial charge is 0.376 e. The van der Waals surface area contributed by atoms with Crippen LogP contribution in [0.3, 0.4) is 0 Å². The number of rotatable bonds is 6. The fraction of sp³-hybridized carbons (Fsp3) is 0.556. The van der Waals surface area contributed by atoms with Gasteiger partial charge in [0.05, 0.1) is 31.0 Å². The van der Waals surface area contributed by atoms with Crippen molar-refractivity contribution in [1.82, 2.24) is 4.90 Å². The van der Waals surface area contributed by atoms with Crippen LogP contribution in [0, 0.1) is 11.3 Å². The van der Waals surface area contributed by atoms with Crippen LogP contribution in [0.15, 0.2) is 29.2 Å². The Balaban J connectivity index is 1.97. The zero-order valence-electron chi connectivity index (χ0n) is 14.5. The van der Waals surface area contributed by atoms with E-state index in [0.717, 1.165) is 17.1 Å². The van der Waals surface area contributed by atoms with Gasteiger partial charge < -0.3 is 10.1 Å². The maximum Gasteiger partial charge on any atom is 0.238 e. The van der Waals surface area contributed by atoms with Gasteiger partial charge in [0.1, 0.15) is 0 Å². The highest BCUT2D eigenvalue weighted by Gasteiger charge is 2.25. The number of nitriles is 1. The molecule has 0 aromatic heterocycles. The SMILES string of the molecule is C[C@@H]1CN(CC(=O)Nc2ccccc2S[C@H](C)CC#N)[C@H](C)CO1. The number of nitrogens with zero attached hydrogens (tertiary/aromatic N) is 2. The molecule has 24 heavy (non-hydrogen) atoms. The predicted octanol–water partition coefficient (Wildman–Crippen LogP) is 3.13. The Morgan fingerprint density at radius 3 is 3.00 bits per heavy atom. The van der Waals surface area contributed by atoms with Gasteiger partial charge in [-0.2, -0.15) is 5.26 Å². The number of para-hydroxylation sites is 1. The van der Waals surface area contributed by atoms with Crippen molar-refractivity contribution in [3.63, 3.8) is 0 Å². The van der Waals surface area contributed by atoms with Crippen LogP contribution in [0.5, 0.6) is 0 Å². The van der Waals surface area contributed by atoms with Gasteiger partial charge >= 0.3 is 0 Å². The van der Waals surface area contributed by atoms with E-state index in [1.165, 1.54) is 0 Å². The van der Waals surface area contributed by atoms with Crippen LogP contribution in [-0.2, 0) is 9.53 Å². The molecule has 0 aliphatic carbocycles. The molecule has 0 saturated carbocycles. The van der Waals surface area contributed by atoms with Crippen molar-refractivity contribution in [3.05, 3.63) is 24.3 Å². The predicted molar refractivity (Wildman–Crippen MR) is 97.1 cm³/mol. The van der Waals surface area contributed by atoms with E-state index in [1.54, 1.807) is 11.8 Å². The summed E-state index contributed by atoms with van der Waals surface area (Å²) in [5.74, 6) is -0.0167. The van der Waals surface area contributed by atoms with Gasteiger partial charge in [-0.25, -0.2) is 0 Å². The number of amides is 1. The molecule has 1 aliphatic rings. The normalized spacial score (nSPS) is 22.6. The standard InChI is InChI=1S/C18H25N3O2S/c1-13-12-23-14(2)10-21(13)11-18(22)20-16-6-4-5-7-17(16)24-15(3)8-9-19/h4-7,13-15H,8,10-12H2,1-3H3,(H,20,22)/t13-,14-,15-/m1/s1. The number of hydrogen-bond donors (Lipinski definition) is 1. The Kier molecular flexibility index (Phi) is 7.10. The molecular formula is C18H25N3O2S. The van der Waals surface area contributed by atoms with Gasteiger partial charge in [-0.05, 0) is 26.0 Å². The van der Waals surface area contributed by atoms with Crippen molar-refractivity contribution in [2.75, 3.05) is 25.0 Å². The molecule has 130 valence electrons. The highest BCUT2D eigenvalue weighted by Crippen LogP contribution is 2.31. The number of ether oxygens (including phenoxy) is 1. The highest BCUT2D eigenvalue weighted by molar-refractivity contribution is 8.00. The van der Waals surface area contributed by atoms with Crippen LogP contribution < -0.4 is 5.32 Å². The third kappa shape index (κ3) is 5.52. The van der Waals surface area contributed by atoms with Crippen LogP contribution in [0.2, 0.25) is 0 Å². The molecule has 0 unspecified atom stereocenters. The van der Waals surface area contributed by atoms with Crippen LogP contribution in [0.25, 0.3) is 0 Å². The van der Waals surface area contributed by atoms with E-state index in [1.807, 2.05) is 38.1 Å². The molecule has 1 aliphatic heterocycles. The fourth-order valence-corrected chi connectivity index (χ4v) is 3.62. The summed E-state index contributed by atoms with van der Waals surface area (Å²) in [5, 5.41) is 12.0. The lowest BCUT2D eigenvalue weighted by Gasteiger charge is -2.36. The number of hydrogen-bond acceptors (Lipinski definition) is 5. The third-order valence-electron chi connectivity index (χ3n) is 3.95. The number of anilines is 1. The lowest BCUT2D eigenvalue weighted by molar-refractivity contribution is -0.121. The van der Waals surface area contributed by atoms with Crippen molar-refractivity contribution >= 4 is 23.4 Å². The molecular weight excluding hydrogens is 322 g/mol. The van der Waals surface area contributed by atoms with Gasteiger partial charge in [0.15, 0.2) is 0 Å². The molecule has 1 N–H and O–H groups in total. The van der Waals surface area contributed by atoms with Crippen molar-refractivity contribution in [1.29, 1.82) is 5.26 Å². The summed E-state index contributed by atoms with van der Waals surface area (Å²) in [7, 11) is 0. The Labute approximate surface area is 148 Å². The average Bonchev–Trinajstić information content (AvgIpc) is 2.53. The van der Waals surface area contributed by atoms with Gasteiger partial charge in [-0.1, -0.05) is 19.1 Å². The van der Waals surface area contributed by atoms with Crippen molar-refractivity contribution < 1.29 is 9.53 Å². The molecule has 5 nitrogen and oxygen atoms in total. The number of thioether (sulfide) groups is 1.